The van der Waals surface area contributed by atoms with Crippen LogP contribution in [0.25, 0.3) is 11.3 Å². The molecule has 1 aromatic heterocycles. The van der Waals surface area contributed by atoms with Gasteiger partial charge in [0.05, 0.1) is 11.3 Å². The number of anilines is 1. The van der Waals surface area contributed by atoms with Crippen LogP contribution in [0.3, 0.4) is 0 Å². The molecule has 0 bridgehead atoms. The second kappa shape index (κ2) is 9.09. The lowest BCUT2D eigenvalue weighted by atomic mass is 10.1. The maximum absolute atomic E-state index is 12.8. The van der Waals surface area contributed by atoms with Crippen molar-refractivity contribution in [2.45, 2.75) is 24.5 Å². The zero-order valence-corrected chi connectivity index (χ0v) is 16.3. The first-order valence-corrected chi connectivity index (χ1v) is 9.81. The summed E-state index contributed by atoms with van der Waals surface area (Å²) in [5, 5.41) is 3.24. The van der Waals surface area contributed by atoms with E-state index in [0.717, 1.165) is 28.4 Å². The van der Waals surface area contributed by atoms with Crippen molar-refractivity contribution in [3.63, 3.8) is 0 Å². The van der Waals surface area contributed by atoms with Gasteiger partial charge in [-0.05, 0) is 31.2 Å². The van der Waals surface area contributed by atoms with Crippen molar-refractivity contribution in [1.29, 1.82) is 0 Å². The molecule has 0 aliphatic carbocycles. The topological polar surface area (TPSA) is 54.9 Å². The predicted molar refractivity (Wildman–Crippen MR) is 108 cm³/mol. The first-order chi connectivity index (χ1) is 13.8. The van der Waals surface area contributed by atoms with Gasteiger partial charge in [0.2, 0.25) is 5.91 Å². The van der Waals surface area contributed by atoms with Gasteiger partial charge in [0, 0.05) is 23.4 Å². The number of nitrogens with zero attached hydrogens (tertiary/aromatic N) is 2. The van der Waals surface area contributed by atoms with E-state index in [0.29, 0.717) is 11.6 Å². The zero-order chi connectivity index (χ0) is 20.9. The minimum absolute atomic E-state index is 0.124. The second-order valence-electron chi connectivity index (χ2n) is 6.23. The van der Waals surface area contributed by atoms with E-state index in [1.54, 1.807) is 6.92 Å². The van der Waals surface area contributed by atoms with E-state index in [1.165, 1.54) is 23.9 Å². The summed E-state index contributed by atoms with van der Waals surface area (Å²) in [6.07, 6.45) is -4.30. The van der Waals surface area contributed by atoms with Gasteiger partial charge in [-0.25, -0.2) is 9.97 Å². The van der Waals surface area contributed by atoms with E-state index < -0.39 is 11.7 Å². The molecular formula is C21H18F3N3OS. The van der Waals surface area contributed by atoms with Crippen LogP contribution in [0.15, 0.2) is 65.7 Å². The Bertz CT molecular complexity index is 994. The van der Waals surface area contributed by atoms with E-state index in [9.17, 15) is 18.0 Å². The number of alkyl halides is 3. The summed E-state index contributed by atoms with van der Waals surface area (Å²) < 4.78 is 38.3. The van der Waals surface area contributed by atoms with Gasteiger partial charge in [0.1, 0.15) is 10.9 Å². The van der Waals surface area contributed by atoms with Gasteiger partial charge < -0.3 is 5.32 Å². The predicted octanol–water partition coefficient (Wildman–Crippen LogP) is 5.59. The molecule has 0 spiro atoms. The number of halogens is 3. The van der Waals surface area contributed by atoms with Crippen molar-refractivity contribution in [3.8, 4) is 11.3 Å². The fourth-order valence-electron chi connectivity index (χ4n) is 2.62. The van der Waals surface area contributed by atoms with Crippen LogP contribution in [-0.4, -0.2) is 21.6 Å². The Kier molecular flexibility index (Phi) is 6.53. The van der Waals surface area contributed by atoms with Gasteiger partial charge in [-0.15, -0.1) is 11.8 Å². The van der Waals surface area contributed by atoms with E-state index in [-0.39, 0.29) is 18.0 Å². The van der Waals surface area contributed by atoms with Gasteiger partial charge in [0.15, 0.2) is 0 Å². The van der Waals surface area contributed by atoms with E-state index in [1.807, 2.05) is 36.4 Å². The molecule has 0 saturated heterocycles. The molecule has 0 unspecified atom stereocenters. The highest BCUT2D eigenvalue weighted by molar-refractivity contribution is 7.99. The van der Waals surface area contributed by atoms with Crippen LogP contribution in [0.2, 0.25) is 0 Å². The number of carbonyl (C=O) groups is 1. The average molecular weight is 417 g/mol. The number of amides is 1. The number of hydrogen-bond acceptors (Lipinski definition) is 4. The molecule has 8 heteroatoms. The van der Waals surface area contributed by atoms with Crippen LogP contribution >= 0.6 is 11.8 Å². The molecule has 150 valence electrons. The molecule has 0 fully saturated rings. The largest absolute Gasteiger partial charge is 0.416 e. The number of benzene rings is 2. The van der Waals surface area contributed by atoms with Gasteiger partial charge in [-0.1, -0.05) is 36.4 Å². The van der Waals surface area contributed by atoms with Crippen LogP contribution in [0.1, 0.15) is 17.8 Å². The van der Waals surface area contributed by atoms with Crippen molar-refractivity contribution in [3.05, 3.63) is 72.1 Å². The highest BCUT2D eigenvalue weighted by atomic mass is 32.2. The van der Waals surface area contributed by atoms with Crippen molar-refractivity contribution in [2.75, 3.05) is 11.1 Å². The Morgan fingerprint density at radius 2 is 1.79 bits per heavy atom. The number of carbonyl (C=O) groups excluding carboxylic acids is 1. The third-order valence-electron chi connectivity index (χ3n) is 3.94. The fourth-order valence-corrected chi connectivity index (χ4v) is 3.50. The maximum atomic E-state index is 12.8. The molecule has 0 saturated carbocycles. The van der Waals surface area contributed by atoms with Crippen LogP contribution in [0.4, 0.5) is 18.9 Å². The average Bonchev–Trinajstić information content (AvgIpc) is 2.68. The first-order valence-electron chi connectivity index (χ1n) is 8.82. The molecule has 0 atom stereocenters. The molecule has 1 N–H and O–H groups in total. The highest BCUT2D eigenvalue weighted by Crippen LogP contribution is 2.30. The summed E-state index contributed by atoms with van der Waals surface area (Å²) in [6.45, 7) is 1.80. The molecular weight excluding hydrogens is 399 g/mol. The summed E-state index contributed by atoms with van der Waals surface area (Å²) in [4.78, 5) is 20.9. The summed E-state index contributed by atoms with van der Waals surface area (Å²) in [6, 6.07) is 16.1. The molecule has 1 amide bonds. The second-order valence-corrected chi connectivity index (χ2v) is 7.35. The number of thioether (sulfide) groups is 1. The van der Waals surface area contributed by atoms with Gasteiger partial charge in [-0.3, -0.25) is 4.79 Å². The molecule has 29 heavy (non-hydrogen) atoms. The summed E-state index contributed by atoms with van der Waals surface area (Å²) in [5.41, 5.74) is 1.10. The molecule has 0 aliphatic heterocycles. The van der Waals surface area contributed by atoms with E-state index in [2.05, 4.69) is 15.3 Å². The Morgan fingerprint density at radius 3 is 2.52 bits per heavy atom. The molecule has 0 radical (unpaired) electrons. The summed E-state index contributed by atoms with van der Waals surface area (Å²) in [5.74, 6) is 0.711. The van der Waals surface area contributed by atoms with Crippen molar-refractivity contribution in [2.24, 2.45) is 0 Å². The standard InChI is InChI=1S/C21H18F3N3OS/c1-14-25-18(15-6-3-2-4-7-15)13-20(26-14)29-11-10-19(28)27-17-9-5-8-16(12-17)21(22,23)24/h2-9,12-13H,10-11H2,1H3,(H,27,28). The molecule has 0 aliphatic rings. The molecule has 1 heterocycles. The number of aromatic nitrogens is 2. The highest BCUT2D eigenvalue weighted by Gasteiger charge is 2.30. The van der Waals surface area contributed by atoms with E-state index in [4.69, 9.17) is 0 Å². The van der Waals surface area contributed by atoms with Crippen molar-refractivity contribution < 1.29 is 18.0 Å². The molecule has 2 aromatic carbocycles. The Labute approximate surface area is 170 Å². The van der Waals surface area contributed by atoms with Crippen LogP contribution in [0, 0.1) is 6.92 Å². The number of hydrogen-bond donors (Lipinski definition) is 1. The SMILES string of the molecule is Cc1nc(SCCC(=O)Nc2cccc(C(F)(F)F)c2)cc(-c2ccccc2)n1. The van der Waals surface area contributed by atoms with Crippen molar-refractivity contribution in [1.82, 2.24) is 9.97 Å². The van der Waals surface area contributed by atoms with Crippen LogP contribution in [-0.2, 0) is 11.0 Å². The third kappa shape index (κ3) is 6.05. The lowest BCUT2D eigenvalue weighted by Crippen LogP contribution is -2.13. The van der Waals surface area contributed by atoms with Gasteiger partial charge in [-0.2, -0.15) is 13.2 Å². The summed E-state index contributed by atoms with van der Waals surface area (Å²) in [7, 11) is 0. The maximum Gasteiger partial charge on any atom is 0.416 e. The molecule has 3 aromatic rings. The lowest BCUT2D eigenvalue weighted by molar-refractivity contribution is -0.137. The minimum Gasteiger partial charge on any atom is -0.326 e. The monoisotopic (exact) mass is 417 g/mol. The minimum atomic E-state index is -4.45. The van der Waals surface area contributed by atoms with Crippen LogP contribution < -0.4 is 5.32 Å². The molecule has 3 rings (SSSR count). The van der Waals surface area contributed by atoms with Crippen molar-refractivity contribution >= 4 is 23.4 Å². The van der Waals surface area contributed by atoms with E-state index >= 15 is 0 Å². The first kappa shape index (κ1) is 20.9. The Hall–Kier alpha value is -2.87. The fraction of sp³-hybridized carbons (Fsp3) is 0.190. The summed E-state index contributed by atoms with van der Waals surface area (Å²) >= 11 is 1.40. The number of rotatable bonds is 6. The van der Waals surface area contributed by atoms with Gasteiger partial charge >= 0.3 is 6.18 Å². The number of nitrogens with one attached hydrogen (secondary N) is 1. The lowest BCUT2D eigenvalue weighted by Gasteiger charge is -2.10. The number of aryl methyl sites for hydroxylation is 1. The van der Waals surface area contributed by atoms with Gasteiger partial charge in [0.25, 0.3) is 0 Å². The molecule has 4 nitrogen and oxygen atoms in total. The normalized spacial score (nSPS) is 11.3. The zero-order valence-electron chi connectivity index (χ0n) is 15.5. The Balaban J connectivity index is 1.58. The van der Waals surface area contributed by atoms with Crippen LogP contribution in [0.5, 0.6) is 0 Å². The Morgan fingerprint density at radius 1 is 1.03 bits per heavy atom. The third-order valence-corrected chi connectivity index (χ3v) is 4.85. The quantitative estimate of drug-likeness (QED) is 0.420. The smallest absolute Gasteiger partial charge is 0.326 e.